The Balaban J connectivity index is 1.84. The van der Waals surface area contributed by atoms with Crippen molar-refractivity contribution in [1.82, 2.24) is 0 Å². The van der Waals surface area contributed by atoms with Crippen LogP contribution in [0.25, 0.3) is 0 Å². The number of allylic oxidation sites excluding steroid dienone is 1. The number of ether oxygens (including phenoxy) is 1. The first kappa shape index (κ1) is 21.6. The highest BCUT2D eigenvalue weighted by Gasteiger charge is 2.47. The molecule has 1 heterocycles. The van der Waals surface area contributed by atoms with Gasteiger partial charge in [0.25, 0.3) is 10.0 Å². The summed E-state index contributed by atoms with van der Waals surface area (Å²) in [7, 11) is -3.81. The molecule has 2 aromatic carbocycles. The summed E-state index contributed by atoms with van der Waals surface area (Å²) in [5.41, 5.74) is 3.13. The first-order valence-corrected chi connectivity index (χ1v) is 12.0. The molecule has 0 amide bonds. The third kappa shape index (κ3) is 3.77. The predicted molar refractivity (Wildman–Crippen MR) is 118 cm³/mol. The molecule has 3 atom stereocenters. The molecule has 2 aliphatic rings. The SMILES string of the molecule is CCOC(=O)[C@H]1CC=C(CO)[C@H]2CN(S(=O)(=O)c3ccc(C)cc3)c3ccccc3[C@H]12. The van der Waals surface area contributed by atoms with Gasteiger partial charge in [-0.2, -0.15) is 0 Å². The number of esters is 1. The Morgan fingerprint density at radius 2 is 1.87 bits per heavy atom. The lowest BCUT2D eigenvalue weighted by molar-refractivity contribution is -0.149. The van der Waals surface area contributed by atoms with Crippen LogP contribution in [0.5, 0.6) is 0 Å². The fraction of sp³-hybridized carbons (Fsp3) is 0.375. The van der Waals surface area contributed by atoms with Crippen molar-refractivity contribution >= 4 is 21.7 Å². The largest absolute Gasteiger partial charge is 0.466 e. The van der Waals surface area contributed by atoms with E-state index in [4.69, 9.17) is 4.74 Å². The highest BCUT2D eigenvalue weighted by molar-refractivity contribution is 7.92. The molecular weight excluding hydrogens is 414 g/mol. The van der Waals surface area contributed by atoms with Crippen LogP contribution in [-0.4, -0.2) is 39.3 Å². The Bertz CT molecular complexity index is 1110. The molecule has 4 rings (SSSR count). The van der Waals surface area contributed by atoms with Crippen molar-refractivity contribution in [2.24, 2.45) is 11.8 Å². The first-order chi connectivity index (χ1) is 14.9. The van der Waals surface area contributed by atoms with E-state index in [1.54, 1.807) is 37.3 Å². The number of hydrogen-bond acceptors (Lipinski definition) is 5. The van der Waals surface area contributed by atoms with Crippen LogP contribution < -0.4 is 4.31 Å². The number of benzene rings is 2. The highest BCUT2D eigenvalue weighted by Crippen LogP contribution is 2.50. The van der Waals surface area contributed by atoms with Crippen LogP contribution in [-0.2, 0) is 19.6 Å². The Labute approximate surface area is 183 Å². The van der Waals surface area contributed by atoms with E-state index >= 15 is 0 Å². The van der Waals surface area contributed by atoms with Gasteiger partial charge in [-0.25, -0.2) is 8.42 Å². The van der Waals surface area contributed by atoms with Gasteiger partial charge >= 0.3 is 5.97 Å². The maximum Gasteiger partial charge on any atom is 0.309 e. The fourth-order valence-corrected chi connectivity index (χ4v) is 6.28. The molecule has 0 fully saturated rings. The van der Waals surface area contributed by atoms with Gasteiger partial charge in [0.1, 0.15) is 0 Å². The summed E-state index contributed by atoms with van der Waals surface area (Å²) >= 11 is 0. The first-order valence-electron chi connectivity index (χ1n) is 10.5. The van der Waals surface area contributed by atoms with Crippen LogP contribution in [0, 0.1) is 18.8 Å². The van der Waals surface area contributed by atoms with E-state index in [2.05, 4.69) is 0 Å². The number of sulfonamides is 1. The molecule has 0 saturated carbocycles. The van der Waals surface area contributed by atoms with Crippen molar-refractivity contribution in [1.29, 1.82) is 0 Å². The topological polar surface area (TPSA) is 83.9 Å². The summed E-state index contributed by atoms with van der Waals surface area (Å²) < 4.78 is 34.0. The lowest BCUT2D eigenvalue weighted by Crippen LogP contribution is -2.47. The van der Waals surface area contributed by atoms with Crippen molar-refractivity contribution < 1.29 is 23.1 Å². The minimum Gasteiger partial charge on any atom is -0.466 e. The van der Waals surface area contributed by atoms with Crippen LogP contribution in [0.15, 0.2) is 65.1 Å². The number of para-hydroxylation sites is 1. The minimum atomic E-state index is -3.81. The number of rotatable bonds is 5. The number of aliphatic hydroxyl groups is 1. The molecule has 0 aromatic heterocycles. The van der Waals surface area contributed by atoms with Gasteiger partial charge in [0.2, 0.25) is 0 Å². The number of anilines is 1. The molecule has 0 saturated heterocycles. The van der Waals surface area contributed by atoms with Crippen molar-refractivity contribution in [2.75, 3.05) is 24.1 Å². The molecule has 2 aromatic rings. The molecule has 0 bridgehead atoms. The van der Waals surface area contributed by atoms with E-state index in [9.17, 15) is 18.3 Å². The molecule has 31 heavy (non-hydrogen) atoms. The molecule has 6 nitrogen and oxygen atoms in total. The van der Waals surface area contributed by atoms with Crippen LogP contribution in [0.4, 0.5) is 5.69 Å². The third-order valence-corrected chi connectivity index (χ3v) is 8.08. The van der Waals surface area contributed by atoms with Gasteiger partial charge < -0.3 is 9.84 Å². The van der Waals surface area contributed by atoms with Crippen LogP contribution in [0.3, 0.4) is 0 Å². The summed E-state index contributed by atoms with van der Waals surface area (Å²) in [5, 5.41) is 9.99. The second-order valence-electron chi connectivity index (χ2n) is 8.07. The zero-order valence-corrected chi connectivity index (χ0v) is 18.5. The molecule has 7 heteroatoms. The average molecular weight is 442 g/mol. The molecule has 164 valence electrons. The number of hydrogen-bond donors (Lipinski definition) is 1. The molecule has 0 spiro atoms. The quantitative estimate of drug-likeness (QED) is 0.568. The maximum atomic E-state index is 13.6. The number of carbonyl (C=O) groups is 1. The van der Waals surface area contributed by atoms with E-state index in [1.165, 1.54) is 4.31 Å². The van der Waals surface area contributed by atoms with E-state index in [-0.39, 0.29) is 35.9 Å². The predicted octanol–water partition coefficient (Wildman–Crippen LogP) is 3.41. The summed E-state index contributed by atoms with van der Waals surface area (Å²) in [4.78, 5) is 13.0. The molecule has 0 radical (unpaired) electrons. The van der Waals surface area contributed by atoms with Crippen molar-refractivity contribution in [3.63, 3.8) is 0 Å². The second kappa shape index (κ2) is 8.48. The van der Waals surface area contributed by atoms with E-state index in [0.717, 1.165) is 16.7 Å². The molecule has 0 unspecified atom stereocenters. The van der Waals surface area contributed by atoms with Gasteiger partial charge in [-0.05, 0) is 49.6 Å². The number of carbonyl (C=O) groups excluding carboxylic acids is 1. The highest BCUT2D eigenvalue weighted by atomic mass is 32.2. The summed E-state index contributed by atoms with van der Waals surface area (Å²) in [5.74, 6) is -1.24. The normalized spacial score (nSPS) is 22.9. The van der Waals surface area contributed by atoms with E-state index in [1.807, 2.05) is 31.2 Å². The number of nitrogens with zero attached hydrogens (tertiary/aromatic N) is 1. The lowest BCUT2D eigenvalue weighted by Gasteiger charge is -2.45. The number of aryl methyl sites for hydroxylation is 1. The van der Waals surface area contributed by atoms with Crippen LogP contribution in [0.2, 0.25) is 0 Å². The van der Waals surface area contributed by atoms with Gasteiger partial charge in [0, 0.05) is 18.4 Å². The fourth-order valence-electron chi connectivity index (χ4n) is 4.76. The molecule has 1 N–H and O–H groups in total. The third-order valence-electron chi connectivity index (χ3n) is 6.29. The maximum absolute atomic E-state index is 13.6. The molecular formula is C24H27NO5S. The Morgan fingerprint density at radius 3 is 2.55 bits per heavy atom. The van der Waals surface area contributed by atoms with Gasteiger partial charge in [0.05, 0.1) is 29.7 Å². The average Bonchev–Trinajstić information content (AvgIpc) is 2.78. The minimum absolute atomic E-state index is 0.167. The summed E-state index contributed by atoms with van der Waals surface area (Å²) in [6, 6.07) is 14.1. The second-order valence-corrected chi connectivity index (χ2v) is 9.93. The number of fused-ring (bicyclic) bond motifs is 3. The molecule has 1 aliphatic carbocycles. The van der Waals surface area contributed by atoms with Gasteiger partial charge in [0.15, 0.2) is 0 Å². The Kier molecular flexibility index (Phi) is 5.90. The Hall–Kier alpha value is -2.64. The number of aliphatic hydroxyl groups excluding tert-OH is 1. The van der Waals surface area contributed by atoms with Crippen LogP contribution in [0.1, 0.15) is 30.4 Å². The Morgan fingerprint density at radius 1 is 1.16 bits per heavy atom. The van der Waals surface area contributed by atoms with Crippen LogP contribution >= 0.6 is 0 Å². The lowest BCUT2D eigenvalue weighted by atomic mass is 9.67. The van der Waals surface area contributed by atoms with Crippen molar-refractivity contribution in [3.05, 3.63) is 71.3 Å². The van der Waals surface area contributed by atoms with Gasteiger partial charge in [-0.3, -0.25) is 9.10 Å². The summed E-state index contributed by atoms with van der Waals surface area (Å²) in [6.45, 7) is 3.97. The van der Waals surface area contributed by atoms with Gasteiger partial charge in [-0.15, -0.1) is 0 Å². The van der Waals surface area contributed by atoms with E-state index < -0.39 is 15.9 Å². The summed E-state index contributed by atoms with van der Waals surface area (Å²) in [6.07, 6.45) is 2.34. The zero-order valence-electron chi connectivity index (χ0n) is 17.7. The van der Waals surface area contributed by atoms with Gasteiger partial charge in [-0.1, -0.05) is 42.0 Å². The van der Waals surface area contributed by atoms with E-state index in [0.29, 0.717) is 18.7 Å². The molecule has 1 aliphatic heterocycles. The zero-order chi connectivity index (χ0) is 22.2. The smallest absolute Gasteiger partial charge is 0.309 e. The van der Waals surface area contributed by atoms with Crippen molar-refractivity contribution in [3.8, 4) is 0 Å². The standard InChI is InChI=1S/C24H27NO5S/c1-3-30-24(27)20-13-10-17(15-26)21-14-25(22-7-5-4-6-19(22)23(20)21)31(28,29)18-11-8-16(2)9-12-18/h4-12,20-21,23,26H,3,13-15H2,1-2H3/t20-,21+,23+/m0/s1. The monoisotopic (exact) mass is 441 g/mol. The van der Waals surface area contributed by atoms with Crippen molar-refractivity contribution in [2.45, 2.75) is 31.1 Å².